The molecular weight excluding hydrogens is 228 g/mol. The predicted octanol–water partition coefficient (Wildman–Crippen LogP) is 2.28. The zero-order valence-electron chi connectivity index (χ0n) is 5.75. The van der Waals surface area contributed by atoms with Gasteiger partial charge in [0.1, 0.15) is 12.7 Å². The Hall–Kier alpha value is -0.220. The molecule has 4 heteroatoms. The highest BCUT2D eigenvalue weighted by atomic mass is 79.9. The quantitative estimate of drug-likeness (QED) is 0.695. The smallest absolute Gasteiger partial charge is 0.172 e. The molecule has 2 nitrogen and oxygen atoms in total. The molecule has 60 valence electrons. The lowest BCUT2D eigenvalue weighted by atomic mass is 10.4. The fourth-order valence-corrected chi connectivity index (χ4v) is 1.93. The van der Waals surface area contributed by atoms with Crippen LogP contribution in [0.3, 0.4) is 0 Å². The summed E-state index contributed by atoms with van der Waals surface area (Å²) in [6, 6.07) is 0. The molecule has 0 radical (unpaired) electrons. The minimum Gasteiger partial charge on any atom is -0.485 e. The van der Waals surface area contributed by atoms with Crippen LogP contribution in [0.2, 0.25) is 0 Å². The highest BCUT2D eigenvalue weighted by Gasteiger charge is 2.19. The molecule has 0 N–H and O–H groups in total. The van der Waals surface area contributed by atoms with Crippen LogP contribution in [0, 0.1) is 0 Å². The van der Waals surface area contributed by atoms with Crippen molar-refractivity contribution in [3.8, 4) is 11.5 Å². The summed E-state index contributed by atoms with van der Waals surface area (Å²) < 4.78 is 11.0. The summed E-state index contributed by atoms with van der Waals surface area (Å²) in [6.07, 6.45) is 0.164. The molecule has 1 aromatic rings. The highest BCUT2D eigenvalue weighted by Crippen LogP contribution is 2.35. The van der Waals surface area contributed by atoms with Crippen molar-refractivity contribution in [2.24, 2.45) is 0 Å². The van der Waals surface area contributed by atoms with Crippen molar-refractivity contribution < 1.29 is 9.47 Å². The molecule has 0 spiro atoms. The number of halogens is 1. The van der Waals surface area contributed by atoms with Gasteiger partial charge >= 0.3 is 0 Å². The first-order valence-corrected chi connectivity index (χ1v) is 5.38. The van der Waals surface area contributed by atoms with Gasteiger partial charge in [-0.15, -0.1) is 11.3 Å². The Balaban J connectivity index is 2.18. The largest absolute Gasteiger partial charge is 0.485 e. The molecule has 0 saturated heterocycles. The molecule has 0 fully saturated rings. The van der Waals surface area contributed by atoms with E-state index in [1.54, 1.807) is 11.3 Å². The summed E-state index contributed by atoms with van der Waals surface area (Å²) in [5, 5.41) is 4.74. The summed E-state index contributed by atoms with van der Waals surface area (Å²) in [4.78, 5) is 0. The number of thiophene rings is 1. The Labute approximate surface area is 77.3 Å². The number of hydrogen-bond donors (Lipinski definition) is 0. The molecule has 0 aliphatic carbocycles. The Bertz CT molecular complexity index is 248. The van der Waals surface area contributed by atoms with Gasteiger partial charge in [-0.2, -0.15) is 0 Å². The van der Waals surface area contributed by atoms with Crippen LogP contribution in [-0.4, -0.2) is 18.0 Å². The average Bonchev–Trinajstić information content (AvgIpc) is 2.50. The molecule has 1 atom stereocenters. The van der Waals surface area contributed by atoms with Crippen molar-refractivity contribution >= 4 is 27.3 Å². The Morgan fingerprint density at radius 2 is 2.36 bits per heavy atom. The van der Waals surface area contributed by atoms with Crippen LogP contribution in [0.15, 0.2) is 10.8 Å². The van der Waals surface area contributed by atoms with Gasteiger partial charge in [0, 0.05) is 16.1 Å². The Morgan fingerprint density at radius 3 is 3.18 bits per heavy atom. The molecule has 0 bridgehead atoms. The van der Waals surface area contributed by atoms with E-state index >= 15 is 0 Å². The van der Waals surface area contributed by atoms with E-state index in [4.69, 9.17) is 9.47 Å². The summed E-state index contributed by atoms with van der Waals surface area (Å²) in [5.41, 5.74) is 0. The van der Waals surface area contributed by atoms with Gasteiger partial charge in [-0.3, -0.25) is 0 Å². The van der Waals surface area contributed by atoms with E-state index in [9.17, 15) is 0 Å². The number of rotatable bonds is 1. The van der Waals surface area contributed by atoms with Crippen LogP contribution in [0.1, 0.15) is 0 Å². The Morgan fingerprint density at radius 1 is 1.55 bits per heavy atom. The van der Waals surface area contributed by atoms with Crippen LogP contribution in [-0.2, 0) is 0 Å². The zero-order valence-corrected chi connectivity index (χ0v) is 8.15. The maximum Gasteiger partial charge on any atom is 0.172 e. The van der Waals surface area contributed by atoms with Crippen LogP contribution in [0.5, 0.6) is 11.5 Å². The second kappa shape index (κ2) is 3.03. The number of hydrogen-bond acceptors (Lipinski definition) is 3. The summed E-state index contributed by atoms with van der Waals surface area (Å²) in [6.45, 7) is 0.648. The molecule has 1 aliphatic heterocycles. The van der Waals surface area contributed by atoms with Gasteiger partial charge in [-0.25, -0.2) is 0 Å². The fourth-order valence-electron chi connectivity index (χ4n) is 0.937. The maximum absolute atomic E-state index is 5.56. The molecule has 1 aromatic heterocycles. The van der Waals surface area contributed by atoms with E-state index in [1.807, 2.05) is 10.8 Å². The maximum atomic E-state index is 5.56. The van der Waals surface area contributed by atoms with Crippen LogP contribution < -0.4 is 9.47 Å². The zero-order chi connectivity index (χ0) is 7.68. The normalized spacial score (nSPS) is 21.7. The minimum atomic E-state index is 0.164. The second-order valence-corrected chi connectivity index (χ2v) is 3.70. The monoisotopic (exact) mass is 234 g/mol. The fraction of sp³-hybridized carbons (Fsp3) is 0.429. The first-order valence-electron chi connectivity index (χ1n) is 3.32. The van der Waals surface area contributed by atoms with Gasteiger partial charge in [-0.05, 0) is 0 Å². The topological polar surface area (TPSA) is 18.5 Å². The molecule has 0 saturated carbocycles. The van der Waals surface area contributed by atoms with E-state index in [0.717, 1.165) is 16.8 Å². The molecule has 2 heterocycles. The molecule has 1 aliphatic rings. The summed E-state index contributed by atoms with van der Waals surface area (Å²) in [5.74, 6) is 1.76. The van der Waals surface area contributed by atoms with E-state index in [-0.39, 0.29) is 6.10 Å². The second-order valence-electron chi connectivity index (χ2n) is 2.31. The van der Waals surface area contributed by atoms with Crippen molar-refractivity contribution in [2.75, 3.05) is 11.9 Å². The van der Waals surface area contributed by atoms with E-state index < -0.39 is 0 Å². The number of ether oxygens (including phenoxy) is 2. The lowest BCUT2D eigenvalue weighted by Crippen LogP contribution is -2.29. The van der Waals surface area contributed by atoms with E-state index in [2.05, 4.69) is 15.9 Å². The van der Waals surface area contributed by atoms with E-state index in [0.29, 0.717) is 6.61 Å². The lowest BCUT2D eigenvalue weighted by molar-refractivity contribution is 0.110. The summed E-state index contributed by atoms with van der Waals surface area (Å²) in [7, 11) is 0. The number of alkyl halides is 1. The Kier molecular flexibility index (Phi) is 2.05. The van der Waals surface area contributed by atoms with Crippen molar-refractivity contribution in [1.82, 2.24) is 0 Å². The third-order valence-electron chi connectivity index (χ3n) is 1.48. The molecule has 0 unspecified atom stereocenters. The third-order valence-corrected chi connectivity index (χ3v) is 2.91. The van der Waals surface area contributed by atoms with Crippen LogP contribution in [0.25, 0.3) is 0 Å². The van der Waals surface area contributed by atoms with Crippen molar-refractivity contribution in [3.05, 3.63) is 10.8 Å². The van der Waals surface area contributed by atoms with Gasteiger partial charge < -0.3 is 9.47 Å². The van der Waals surface area contributed by atoms with Gasteiger partial charge in [-0.1, -0.05) is 15.9 Å². The SMILES string of the molecule is BrC[C@H]1COc2cscc2O1. The predicted molar refractivity (Wildman–Crippen MR) is 48.0 cm³/mol. The first-order chi connectivity index (χ1) is 5.40. The van der Waals surface area contributed by atoms with Gasteiger partial charge in [0.2, 0.25) is 0 Å². The van der Waals surface area contributed by atoms with Crippen molar-refractivity contribution in [2.45, 2.75) is 6.10 Å². The van der Waals surface area contributed by atoms with Crippen molar-refractivity contribution in [3.63, 3.8) is 0 Å². The van der Waals surface area contributed by atoms with Gasteiger partial charge in [0.15, 0.2) is 11.5 Å². The van der Waals surface area contributed by atoms with Gasteiger partial charge in [0.25, 0.3) is 0 Å². The van der Waals surface area contributed by atoms with Crippen LogP contribution >= 0.6 is 27.3 Å². The summed E-state index contributed by atoms with van der Waals surface area (Å²) >= 11 is 4.95. The van der Waals surface area contributed by atoms with E-state index in [1.165, 1.54) is 0 Å². The molecule has 0 aromatic carbocycles. The standard InChI is InChI=1S/C7H7BrO2S/c8-1-5-2-9-6-3-11-4-7(6)10-5/h3-5H,1-2H2/t5-/m0/s1. The molecular formula is C7H7BrO2S. The van der Waals surface area contributed by atoms with Crippen LogP contribution in [0.4, 0.5) is 0 Å². The number of fused-ring (bicyclic) bond motifs is 1. The average molecular weight is 235 g/mol. The molecule has 2 rings (SSSR count). The third kappa shape index (κ3) is 1.37. The first kappa shape index (κ1) is 7.43. The van der Waals surface area contributed by atoms with Crippen molar-refractivity contribution in [1.29, 1.82) is 0 Å². The highest BCUT2D eigenvalue weighted by molar-refractivity contribution is 9.09. The lowest BCUT2D eigenvalue weighted by Gasteiger charge is -2.22. The molecule has 0 amide bonds. The van der Waals surface area contributed by atoms with Gasteiger partial charge in [0.05, 0.1) is 0 Å². The molecule has 11 heavy (non-hydrogen) atoms. The minimum absolute atomic E-state index is 0.164.